The molecule has 0 aliphatic heterocycles. The van der Waals surface area contributed by atoms with Crippen molar-refractivity contribution in [3.8, 4) is 5.75 Å². The zero-order valence-corrected chi connectivity index (χ0v) is 10.3. The van der Waals surface area contributed by atoms with Crippen LogP contribution in [0.5, 0.6) is 5.75 Å². The van der Waals surface area contributed by atoms with Gasteiger partial charge in [-0.25, -0.2) is 9.18 Å². The Bertz CT molecular complexity index is 578. The first-order valence-corrected chi connectivity index (χ1v) is 5.82. The van der Waals surface area contributed by atoms with Gasteiger partial charge in [-0.2, -0.15) is 0 Å². The molecule has 0 bridgehead atoms. The Morgan fingerprint density at radius 2 is 1.89 bits per heavy atom. The number of rotatable bonds is 3. The molecule has 98 valence electrons. The highest BCUT2D eigenvalue weighted by Gasteiger charge is 2.14. The van der Waals surface area contributed by atoms with E-state index in [0.29, 0.717) is 5.56 Å². The molecule has 0 saturated carbocycles. The van der Waals surface area contributed by atoms with Gasteiger partial charge in [0.2, 0.25) is 0 Å². The lowest BCUT2D eigenvalue weighted by Crippen LogP contribution is -2.09. The average molecular weight is 260 g/mol. The summed E-state index contributed by atoms with van der Waals surface area (Å²) in [5.74, 6) is -0.869. The van der Waals surface area contributed by atoms with Crippen molar-refractivity contribution >= 4 is 5.97 Å². The lowest BCUT2D eigenvalue weighted by molar-refractivity contribution is 0.0337. The Hall–Kier alpha value is -2.36. The topological polar surface area (TPSA) is 46.5 Å². The molecule has 2 rings (SSSR count). The van der Waals surface area contributed by atoms with Crippen LogP contribution < -0.4 is 0 Å². The summed E-state index contributed by atoms with van der Waals surface area (Å²) in [6, 6.07) is 11.7. The van der Waals surface area contributed by atoms with Crippen molar-refractivity contribution in [2.24, 2.45) is 0 Å². The summed E-state index contributed by atoms with van der Waals surface area (Å²) in [4.78, 5) is 11.8. The summed E-state index contributed by atoms with van der Waals surface area (Å²) in [5, 5.41) is 9.29. The van der Waals surface area contributed by atoms with Gasteiger partial charge in [0.05, 0.1) is 5.56 Å². The second-order valence-electron chi connectivity index (χ2n) is 4.15. The fourth-order valence-corrected chi connectivity index (χ4v) is 1.66. The van der Waals surface area contributed by atoms with Gasteiger partial charge >= 0.3 is 5.97 Å². The van der Waals surface area contributed by atoms with Crippen LogP contribution in [0.4, 0.5) is 4.39 Å². The zero-order chi connectivity index (χ0) is 13.8. The van der Waals surface area contributed by atoms with Gasteiger partial charge in [0.25, 0.3) is 0 Å². The minimum atomic E-state index is -0.535. The lowest BCUT2D eigenvalue weighted by atomic mass is 10.1. The van der Waals surface area contributed by atoms with Crippen LogP contribution in [0.25, 0.3) is 0 Å². The number of halogens is 1. The summed E-state index contributed by atoms with van der Waals surface area (Å²) >= 11 is 0. The summed E-state index contributed by atoms with van der Waals surface area (Å²) in [5.41, 5.74) is 0.976. The first-order valence-electron chi connectivity index (χ1n) is 5.82. The Labute approximate surface area is 110 Å². The first kappa shape index (κ1) is 13.1. The SMILES string of the molecule is CC(OC(=O)c1cccc(O)c1)c1ccc(F)cc1. The van der Waals surface area contributed by atoms with E-state index in [4.69, 9.17) is 4.74 Å². The summed E-state index contributed by atoms with van der Waals surface area (Å²) in [6.45, 7) is 1.70. The third-order valence-corrected chi connectivity index (χ3v) is 2.71. The highest BCUT2D eigenvalue weighted by atomic mass is 19.1. The maximum absolute atomic E-state index is 12.8. The third kappa shape index (κ3) is 3.31. The molecule has 1 atom stereocenters. The monoisotopic (exact) mass is 260 g/mol. The molecule has 0 spiro atoms. The van der Waals surface area contributed by atoms with E-state index in [1.807, 2.05) is 0 Å². The largest absolute Gasteiger partial charge is 0.508 e. The number of hydrogen-bond acceptors (Lipinski definition) is 3. The minimum Gasteiger partial charge on any atom is -0.508 e. The summed E-state index contributed by atoms with van der Waals surface area (Å²) < 4.78 is 18.0. The normalized spacial score (nSPS) is 11.9. The Morgan fingerprint density at radius 1 is 1.21 bits per heavy atom. The van der Waals surface area contributed by atoms with Gasteiger partial charge in [0.15, 0.2) is 0 Å². The van der Waals surface area contributed by atoms with E-state index in [0.717, 1.165) is 0 Å². The predicted octanol–water partition coefficient (Wildman–Crippen LogP) is 3.45. The number of hydrogen-bond donors (Lipinski definition) is 1. The molecule has 0 saturated heterocycles. The van der Waals surface area contributed by atoms with E-state index < -0.39 is 12.1 Å². The lowest BCUT2D eigenvalue weighted by Gasteiger charge is -2.13. The molecular weight excluding hydrogens is 247 g/mol. The van der Waals surface area contributed by atoms with Crippen LogP contribution in [0, 0.1) is 5.82 Å². The van der Waals surface area contributed by atoms with Crippen molar-refractivity contribution in [3.63, 3.8) is 0 Å². The van der Waals surface area contributed by atoms with Gasteiger partial charge in [0, 0.05) is 0 Å². The molecule has 1 unspecified atom stereocenters. The number of aromatic hydroxyl groups is 1. The zero-order valence-electron chi connectivity index (χ0n) is 10.3. The van der Waals surface area contributed by atoms with Crippen molar-refractivity contribution in [3.05, 3.63) is 65.5 Å². The molecule has 4 heteroatoms. The maximum atomic E-state index is 12.8. The quantitative estimate of drug-likeness (QED) is 0.860. The van der Waals surface area contributed by atoms with Crippen LogP contribution in [-0.4, -0.2) is 11.1 Å². The standard InChI is InChI=1S/C15H13FO3/c1-10(11-5-7-13(16)8-6-11)19-15(18)12-3-2-4-14(17)9-12/h2-10,17H,1H3. The highest BCUT2D eigenvalue weighted by Crippen LogP contribution is 2.20. The Balaban J connectivity index is 2.08. The van der Waals surface area contributed by atoms with Crippen LogP contribution >= 0.6 is 0 Å². The average Bonchev–Trinajstić information content (AvgIpc) is 2.39. The number of phenols is 1. The molecule has 0 amide bonds. The summed E-state index contributed by atoms with van der Waals surface area (Å²) in [7, 11) is 0. The van der Waals surface area contributed by atoms with E-state index in [2.05, 4.69) is 0 Å². The third-order valence-electron chi connectivity index (χ3n) is 2.71. The molecule has 0 aliphatic rings. The van der Waals surface area contributed by atoms with Crippen molar-refractivity contribution in [2.75, 3.05) is 0 Å². The van der Waals surface area contributed by atoms with Crippen LogP contribution in [0.1, 0.15) is 28.9 Å². The molecule has 0 fully saturated rings. The first-order chi connectivity index (χ1) is 9.06. The Kier molecular flexibility index (Phi) is 3.80. The van der Waals surface area contributed by atoms with Gasteiger partial charge in [-0.15, -0.1) is 0 Å². The van der Waals surface area contributed by atoms with Crippen molar-refractivity contribution in [1.82, 2.24) is 0 Å². The predicted molar refractivity (Wildman–Crippen MR) is 68.3 cm³/mol. The second kappa shape index (κ2) is 5.52. The fraction of sp³-hybridized carbons (Fsp3) is 0.133. The van der Waals surface area contributed by atoms with Crippen LogP contribution in [0.15, 0.2) is 48.5 Å². The van der Waals surface area contributed by atoms with Crippen molar-refractivity contribution in [1.29, 1.82) is 0 Å². The highest BCUT2D eigenvalue weighted by molar-refractivity contribution is 5.89. The van der Waals surface area contributed by atoms with Gasteiger partial charge in [-0.05, 0) is 42.8 Å². The van der Waals surface area contributed by atoms with Crippen LogP contribution in [0.3, 0.4) is 0 Å². The molecule has 0 aromatic heterocycles. The smallest absolute Gasteiger partial charge is 0.338 e. The van der Waals surface area contributed by atoms with E-state index in [-0.39, 0.29) is 17.1 Å². The minimum absolute atomic E-state index is 0.00360. The number of carbonyl (C=O) groups is 1. The molecule has 0 aliphatic carbocycles. The van der Waals surface area contributed by atoms with E-state index in [1.165, 1.54) is 24.3 Å². The van der Waals surface area contributed by atoms with Crippen LogP contribution in [0.2, 0.25) is 0 Å². The van der Waals surface area contributed by atoms with Gasteiger partial charge in [-0.1, -0.05) is 18.2 Å². The van der Waals surface area contributed by atoms with E-state index in [1.54, 1.807) is 31.2 Å². The molecule has 1 N–H and O–H groups in total. The van der Waals surface area contributed by atoms with E-state index in [9.17, 15) is 14.3 Å². The van der Waals surface area contributed by atoms with Crippen molar-refractivity contribution < 1.29 is 19.0 Å². The van der Waals surface area contributed by atoms with Crippen molar-refractivity contribution in [2.45, 2.75) is 13.0 Å². The molecule has 2 aromatic rings. The molecule has 2 aromatic carbocycles. The maximum Gasteiger partial charge on any atom is 0.338 e. The Morgan fingerprint density at radius 3 is 2.53 bits per heavy atom. The molecule has 0 heterocycles. The number of phenolic OH excluding ortho intramolecular Hbond substituents is 1. The van der Waals surface area contributed by atoms with Crippen LogP contribution in [-0.2, 0) is 4.74 Å². The van der Waals surface area contributed by atoms with E-state index >= 15 is 0 Å². The molecular formula is C15H13FO3. The number of benzene rings is 2. The van der Waals surface area contributed by atoms with Gasteiger partial charge in [-0.3, -0.25) is 0 Å². The fourth-order valence-electron chi connectivity index (χ4n) is 1.66. The number of carbonyl (C=O) groups excluding carboxylic acids is 1. The molecule has 3 nitrogen and oxygen atoms in total. The molecule has 19 heavy (non-hydrogen) atoms. The molecule has 0 radical (unpaired) electrons. The number of ether oxygens (including phenoxy) is 1. The van der Waals surface area contributed by atoms with Gasteiger partial charge < -0.3 is 9.84 Å². The second-order valence-corrected chi connectivity index (χ2v) is 4.15. The summed E-state index contributed by atoms with van der Waals surface area (Å²) in [6.07, 6.45) is -0.490. The van der Waals surface area contributed by atoms with Gasteiger partial charge in [0.1, 0.15) is 17.7 Å². The number of esters is 1.